The van der Waals surface area contributed by atoms with Crippen molar-refractivity contribution in [3.05, 3.63) is 0 Å². The predicted molar refractivity (Wildman–Crippen MR) is 40.2 cm³/mol. The van der Waals surface area contributed by atoms with Gasteiger partial charge in [-0.05, 0) is 25.2 Å². The van der Waals surface area contributed by atoms with Gasteiger partial charge in [-0.1, -0.05) is 0 Å². The molecule has 5 heteroatoms. The van der Waals surface area contributed by atoms with Crippen molar-refractivity contribution in [1.82, 2.24) is 0 Å². The Morgan fingerprint density at radius 1 is 1.45 bits per heavy atom. The minimum Gasteiger partial charge on any atom is -0.328 e. The molecule has 3 nitrogen and oxygen atoms in total. The van der Waals surface area contributed by atoms with Gasteiger partial charge < -0.3 is 5.73 Å². The lowest BCUT2D eigenvalue weighted by molar-refractivity contribution is 0.520. The van der Waals surface area contributed by atoms with E-state index in [9.17, 15) is 12.3 Å². The van der Waals surface area contributed by atoms with Crippen molar-refractivity contribution in [2.75, 3.05) is 5.75 Å². The molecule has 0 unspecified atom stereocenters. The highest BCUT2D eigenvalue weighted by atomic mass is 32.3. The maximum atomic E-state index is 12.1. The van der Waals surface area contributed by atoms with Gasteiger partial charge in [0.2, 0.25) is 0 Å². The standard InChI is InChI=1S/C6H12FNO2S/c7-11(9,10)4-5-1-2-6(8)3-5/h5-6H,1-4,8H2/t5-,6+/m1/s1. The number of nitrogens with two attached hydrogens (primary N) is 1. The molecule has 2 atom stereocenters. The van der Waals surface area contributed by atoms with Gasteiger partial charge in [-0.3, -0.25) is 0 Å². The third-order valence-electron chi connectivity index (χ3n) is 2.02. The molecule has 1 saturated carbocycles. The van der Waals surface area contributed by atoms with Crippen LogP contribution in [0, 0.1) is 5.92 Å². The fraction of sp³-hybridized carbons (Fsp3) is 1.00. The molecule has 1 rings (SSSR count). The summed E-state index contributed by atoms with van der Waals surface area (Å²) in [6.45, 7) is 0. The first-order valence-electron chi connectivity index (χ1n) is 3.65. The first-order valence-corrected chi connectivity index (χ1v) is 5.20. The zero-order valence-corrected chi connectivity index (χ0v) is 6.98. The van der Waals surface area contributed by atoms with Crippen LogP contribution in [-0.4, -0.2) is 20.2 Å². The molecule has 66 valence electrons. The Hall–Kier alpha value is -0.160. The summed E-state index contributed by atoms with van der Waals surface area (Å²) >= 11 is 0. The molecule has 0 aromatic heterocycles. The van der Waals surface area contributed by atoms with E-state index in [1.807, 2.05) is 0 Å². The third kappa shape index (κ3) is 3.16. The number of hydrogen-bond acceptors (Lipinski definition) is 3. The van der Waals surface area contributed by atoms with Crippen LogP contribution in [0.25, 0.3) is 0 Å². The molecular weight excluding hydrogens is 169 g/mol. The summed E-state index contributed by atoms with van der Waals surface area (Å²) in [6.07, 6.45) is 2.20. The molecule has 1 aliphatic rings. The summed E-state index contributed by atoms with van der Waals surface area (Å²) in [5, 5.41) is 0. The third-order valence-corrected chi connectivity index (χ3v) is 2.89. The van der Waals surface area contributed by atoms with Crippen molar-refractivity contribution in [3.63, 3.8) is 0 Å². The van der Waals surface area contributed by atoms with Crippen molar-refractivity contribution >= 4 is 10.2 Å². The molecule has 0 aromatic carbocycles. The van der Waals surface area contributed by atoms with Crippen LogP contribution >= 0.6 is 0 Å². The number of rotatable bonds is 2. The van der Waals surface area contributed by atoms with E-state index in [4.69, 9.17) is 5.73 Å². The van der Waals surface area contributed by atoms with Crippen molar-refractivity contribution in [3.8, 4) is 0 Å². The molecular formula is C6H12FNO2S. The van der Waals surface area contributed by atoms with Crippen LogP contribution in [0.2, 0.25) is 0 Å². The van der Waals surface area contributed by atoms with Crippen LogP contribution in [0.1, 0.15) is 19.3 Å². The van der Waals surface area contributed by atoms with Gasteiger partial charge in [0.15, 0.2) is 0 Å². The number of hydrogen-bond donors (Lipinski definition) is 1. The Kier molecular flexibility index (Phi) is 2.49. The van der Waals surface area contributed by atoms with Gasteiger partial charge in [-0.2, -0.15) is 8.42 Å². The SMILES string of the molecule is N[C@H]1CC[C@@H](CS(=O)(=O)F)C1. The van der Waals surface area contributed by atoms with Crippen LogP contribution in [0.5, 0.6) is 0 Å². The van der Waals surface area contributed by atoms with E-state index in [1.165, 1.54) is 0 Å². The Morgan fingerprint density at radius 2 is 2.09 bits per heavy atom. The van der Waals surface area contributed by atoms with E-state index in [0.717, 1.165) is 12.8 Å². The van der Waals surface area contributed by atoms with E-state index >= 15 is 0 Å². The second kappa shape index (κ2) is 3.06. The first kappa shape index (κ1) is 8.93. The maximum absolute atomic E-state index is 12.1. The minimum absolute atomic E-state index is 0.0556. The lowest BCUT2D eigenvalue weighted by atomic mass is 10.1. The summed E-state index contributed by atoms with van der Waals surface area (Å²) in [4.78, 5) is 0. The monoisotopic (exact) mass is 181 g/mol. The quantitative estimate of drug-likeness (QED) is 0.628. The topological polar surface area (TPSA) is 60.2 Å². The van der Waals surface area contributed by atoms with Crippen molar-refractivity contribution in [2.45, 2.75) is 25.3 Å². The molecule has 0 radical (unpaired) electrons. The highest BCUT2D eigenvalue weighted by Gasteiger charge is 2.26. The zero-order chi connectivity index (χ0) is 8.48. The molecule has 1 aliphatic carbocycles. The van der Waals surface area contributed by atoms with E-state index in [-0.39, 0.29) is 17.7 Å². The molecule has 11 heavy (non-hydrogen) atoms. The normalized spacial score (nSPS) is 32.5. The zero-order valence-electron chi connectivity index (χ0n) is 6.16. The summed E-state index contributed by atoms with van der Waals surface area (Å²) in [5.41, 5.74) is 5.53. The fourth-order valence-electron chi connectivity index (χ4n) is 1.55. The Bertz CT molecular complexity index is 227. The molecule has 0 aromatic rings. The van der Waals surface area contributed by atoms with Gasteiger partial charge >= 0.3 is 10.2 Å². The Balaban J connectivity index is 2.41. The van der Waals surface area contributed by atoms with E-state index in [1.54, 1.807) is 0 Å². The van der Waals surface area contributed by atoms with E-state index < -0.39 is 10.2 Å². The van der Waals surface area contributed by atoms with Gasteiger partial charge in [-0.15, -0.1) is 3.89 Å². The predicted octanol–water partition coefficient (Wildman–Crippen LogP) is 0.413. The van der Waals surface area contributed by atoms with Gasteiger partial charge in [0.1, 0.15) is 0 Å². The summed E-state index contributed by atoms with van der Waals surface area (Å²) in [5.74, 6) is -0.402. The molecule has 0 bridgehead atoms. The summed E-state index contributed by atoms with van der Waals surface area (Å²) < 4.78 is 32.5. The molecule has 0 amide bonds. The highest BCUT2D eigenvalue weighted by Crippen LogP contribution is 2.25. The molecule has 0 heterocycles. The second-order valence-electron chi connectivity index (χ2n) is 3.14. The van der Waals surface area contributed by atoms with Crippen LogP contribution < -0.4 is 5.73 Å². The molecule has 0 aliphatic heterocycles. The minimum atomic E-state index is -4.29. The average Bonchev–Trinajstić information content (AvgIpc) is 2.10. The van der Waals surface area contributed by atoms with Crippen LogP contribution in [0.4, 0.5) is 3.89 Å². The smallest absolute Gasteiger partial charge is 0.302 e. The average molecular weight is 181 g/mol. The molecule has 0 spiro atoms. The Labute approximate surface area is 66.0 Å². The summed E-state index contributed by atoms with van der Waals surface area (Å²) in [7, 11) is -4.29. The second-order valence-corrected chi connectivity index (χ2v) is 4.56. The largest absolute Gasteiger partial charge is 0.328 e. The van der Waals surface area contributed by atoms with Gasteiger partial charge in [0, 0.05) is 6.04 Å². The molecule has 1 fully saturated rings. The molecule has 0 saturated heterocycles. The summed E-state index contributed by atoms with van der Waals surface area (Å²) in [6, 6.07) is 0.0711. The highest BCUT2D eigenvalue weighted by molar-refractivity contribution is 7.86. The van der Waals surface area contributed by atoms with E-state index in [2.05, 4.69) is 0 Å². The maximum Gasteiger partial charge on any atom is 0.302 e. The van der Waals surface area contributed by atoms with Gasteiger partial charge in [0.25, 0.3) is 0 Å². The van der Waals surface area contributed by atoms with Crippen molar-refractivity contribution in [1.29, 1.82) is 0 Å². The fourth-order valence-corrected chi connectivity index (χ4v) is 2.41. The number of halogens is 1. The van der Waals surface area contributed by atoms with Gasteiger partial charge in [-0.25, -0.2) is 0 Å². The van der Waals surface area contributed by atoms with Crippen molar-refractivity contribution < 1.29 is 12.3 Å². The van der Waals surface area contributed by atoms with E-state index in [0.29, 0.717) is 6.42 Å². The lowest BCUT2D eigenvalue weighted by Gasteiger charge is -2.03. The van der Waals surface area contributed by atoms with Gasteiger partial charge in [0.05, 0.1) is 5.75 Å². The lowest BCUT2D eigenvalue weighted by Crippen LogP contribution is -2.16. The van der Waals surface area contributed by atoms with Crippen molar-refractivity contribution in [2.24, 2.45) is 11.7 Å². The Morgan fingerprint density at radius 3 is 2.45 bits per heavy atom. The van der Waals surface area contributed by atoms with Crippen LogP contribution in [0.15, 0.2) is 0 Å². The van der Waals surface area contributed by atoms with Crippen LogP contribution in [0.3, 0.4) is 0 Å². The first-order chi connectivity index (χ1) is 4.97. The molecule has 2 N–H and O–H groups in total. The van der Waals surface area contributed by atoms with Crippen LogP contribution in [-0.2, 0) is 10.2 Å².